The number of imidazole rings is 1. The number of aryl methyl sites for hydroxylation is 1. The van der Waals surface area contributed by atoms with Crippen LogP contribution in [0.25, 0.3) is 11.0 Å². The van der Waals surface area contributed by atoms with Crippen LogP contribution in [0.4, 0.5) is 0 Å². The Labute approximate surface area is 198 Å². The molecule has 0 saturated heterocycles. The van der Waals surface area contributed by atoms with Gasteiger partial charge in [0.25, 0.3) is 5.91 Å². The number of carboxylic acids is 1. The van der Waals surface area contributed by atoms with Gasteiger partial charge in [-0.05, 0) is 54.8 Å². The second-order valence-corrected chi connectivity index (χ2v) is 8.15. The van der Waals surface area contributed by atoms with Crippen molar-refractivity contribution >= 4 is 22.9 Å². The first kappa shape index (κ1) is 23.0. The van der Waals surface area contributed by atoms with Gasteiger partial charge >= 0.3 is 5.97 Å². The van der Waals surface area contributed by atoms with Crippen LogP contribution in [-0.2, 0) is 17.8 Å². The van der Waals surface area contributed by atoms with Crippen LogP contribution in [0.15, 0.2) is 72.8 Å². The van der Waals surface area contributed by atoms with E-state index in [0.717, 1.165) is 28.2 Å². The van der Waals surface area contributed by atoms with Gasteiger partial charge in [-0.1, -0.05) is 42.5 Å². The third-order valence-electron chi connectivity index (χ3n) is 5.81. The molecular formula is C27H27N3O4. The number of rotatable bonds is 9. The molecule has 0 atom stereocenters. The lowest BCUT2D eigenvalue weighted by Crippen LogP contribution is -2.37. The van der Waals surface area contributed by atoms with E-state index in [1.54, 1.807) is 19.2 Å². The van der Waals surface area contributed by atoms with E-state index in [1.807, 2.05) is 55.5 Å². The number of amides is 1. The first-order chi connectivity index (χ1) is 16.4. The van der Waals surface area contributed by atoms with E-state index < -0.39 is 5.97 Å². The van der Waals surface area contributed by atoms with Crippen molar-refractivity contribution in [3.8, 4) is 5.75 Å². The van der Waals surface area contributed by atoms with Crippen LogP contribution in [-0.4, -0.2) is 51.6 Å². The normalized spacial score (nSPS) is 10.9. The lowest BCUT2D eigenvalue weighted by molar-refractivity contribution is -0.137. The maximum absolute atomic E-state index is 13.2. The molecule has 1 aromatic heterocycles. The summed E-state index contributed by atoms with van der Waals surface area (Å²) in [4.78, 5) is 30.7. The van der Waals surface area contributed by atoms with Crippen molar-refractivity contribution in [3.63, 3.8) is 0 Å². The van der Waals surface area contributed by atoms with Gasteiger partial charge in [-0.15, -0.1) is 0 Å². The summed E-state index contributed by atoms with van der Waals surface area (Å²) in [5.74, 6) is 0.225. The minimum absolute atomic E-state index is 0.289. The number of carbonyl (C=O) groups is 2. The Kier molecular flexibility index (Phi) is 6.92. The second kappa shape index (κ2) is 10.2. The van der Waals surface area contributed by atoms with Crippen LogP contribution >= 0.6 is 0 Å². The first-order valence-corrected chi connectivity index (χ1v) is 11.1. The molecule has 174 valence electrons. The number of ether oxygens (including phenoxy) is 1. The monoisotopic (exact) mass is 457 g/mol. The molecule has 0 spiro atoms. The van der Waals surface area contributed by atoms with Crippen LogP contribution < -0.4 is 4.74 Å². The molecule has 0 aliphatic carbocycles. The maximum atomic E-state index is 13.2. The van der Waals surface area contributed by atoms with Crippen LogP contribution in [0, 0.1) is 6.92 Å². The summed E-state index contributed by atoms with van der Waals surface area (Å²) in [6.45, 7) is 2.55. The van der Waals surface area contributed by atoms with Crippen molar-refractivity contribution in [3.05, 3.63) is 95.3 Å². The van der Waals surface area contributed by atoms with Gasteiger partial charge in [0.1, 0.15) is 18.1 Å². The molecule has 0 bridgehead atoms. The molecule has 1 amide bonds. The number of carboxylic acid groups (broad SMARTS) is 1. The molecule has 4 rings (SSSR count). The third kappa shape index (κ3) is 5.26. The number of aliphatic carboxylic acids is 1. The minimum Gasteiger partial charge on any atom is -0.497 e. The number of aromatic nitrogens is 2. The minimum atomic E-state index is -1.05. The predicted molar refractivity (Wildman–Crippen MR) is 130 cm³/mol. The molecule has 0 fully saturated rings. The number of carbonyl (C=O) groups excluding carboxylic acids is 1. The van der Waals surface area contributed by atoms with Crippen LogP contribution in [0.3, 0.4) is 0 Å². The lowest BCUT2D eigenvalue weighted by atomic mass is 10.1. The molecule has 4 aromatic rings. The summed E-state index contributed by atoms with van der Waals surface area (Å²) in [7, 11) is 1.60. The summed E-state index contributed by atoms with van der Waals surface area (Å²) in [5.41, 5.74) is 4.23. The van der Waals surface area contributed by atoms with Crippen LogP contribution in [0.1, 0.15) is 27.3 Å². The average Bonchev–Trinajstić information content (AvgIpc) is 3.16. The number of hydrogen-bond acceptors (Lipinski definition) is 4. The van der Waals surface area contributed by atoms with Crippen molar-refractivity contribution in [2.75, 3.05) is 20.2 Å². The zero-order valence-corrected chi connectivity index (χ0v) is 19.3. The predicted octanol–water partition coefficient (Wildman–Crippen LogP) is 4.17. The lowest BCUT2D eigenvalue weighted by Gasteiger charge is -2.21. The maximum Gasteiger partial charge on any atom is 0.323 e. The number of methoxy groups -OCH3 is 1. The van der Waals surface area contributed by atoms with E-state index in [4.69, 9.17) is 4.74 Å². The van der Waals surface area contributed by atoms with E-state index in [9.17, 15) is 14.7 Å². The Morgan fingerprint density at radius 3 is 2.41 bits per heavy atom. The molecule has 0 aliphatic heterocycles. The first-order valence-electron chi connectivity index (χ1n) is 11.1. The summed E-state index contributed by atoms with van der Waals surface area (Å²) in [5, 5.41) is 9.37. The fourth-order valence-electron chi connectivity index (χ4n) is 4.00. The van der Waals surface area contributed by atoms with E-state index in [0.29, 0.717) is 24.0 Å². The van der Waals surface area contributed by atoms with Crippen molar-refractivity contribution in [2.24, 2.45) is 0 Å². The zero-order valence-electron chi connectivity index (χ0n) is 19.3. The Morgan fingerprint density at radius 2 is 1.74 bits per heavy atom. The molecule has 0 aliphatic rings. The average molecular weight is 458 g/mol. The number of benzene rings is 3. The Bertz CT molecular complexity index is 1300. The molecule has 1 heterocycles. The smallest absolute Gasteiger partial charge is 0.323 e. The summed E-state index contributed by atoms with van der Waals surface area (Å²) in [6, 6.07) is 23.0. The Hall–Kier alpha value is -4.13. The van der Waals surface area contributed by atoms with E-state index >= 15 is 0 Å². The van der Waals surface area contributed by atoms with E-state index in [2.05, 4.69) is 21.7 Å². The fraction of sp³-hybridized carbons (Fsp3) is 0.222. The fourth-order valence-corrected chi connectivity index (χ4v) is 4.00. The SMILES string of the molecule is COc1ccc(CCN(CC(=O)O)C(=O)c2ccc3c(c2)nc(C)n3Cc2ccccc2)cc1. The summed E-state index contributed by atoms with van der Waals surface area (Å²) in [6.07, 6.45) is 0.538. The van der Waals surface area contributed by atoms with Gasteiger partial charge in [0.05, 0.1) is 18.1 Å². The van der Waals surface area contributed by atoms with Gasteiger partial charge in [-0.25, -0.2) is 4.98 Å². The molecule has 7 nitrogen and oxygen atoms in total. The highest BCUT2D eigenvalue weighted by Crippen LogP contribution is 2.21. The molecule has 34 heavy (non-hydrogen) atoms. The highest BCUT2D eigenvalue weighted by atomic mass is 16.5. The molecule has 0 unspecified atom stereocenters. The summed E-state index contributed by atoms with van der Waals surface area (Å²) >= 11 is 0. The second-order valence-electron chi connectivity index (χ2n) is 8.15. The van der Waals surface area contributed by atoms with Crippen molar-refractivity contribution < 1.29 is 19.4 Å². The number of fused-ring (bicyclic) bond motifs is 1. The number of nitrogens with zero attached hydrogens (tertiary/aromatic N) is 3. The molecule has 0 saturated carbocycles. The quantitative estimate of drug-likeness (QED) is 0.408. The zero-order chi connectivity index (χ0) is 24.1. The highest BCUT2D eigenvalue weighted by Gasteiger charge is 2.20. The molecule has 0 radical (unpaired) electrons. The van der Waals surface area contributed by atoms with Gasteiger partial charge in [0.2, 0.25) is 0 Å². The van der Waals surface area contributed by atoms with Crippen LogP contribution in [0.2, 0.25) is 0 Å². The van der Waals surface area contributed by atoms with Gasteiger partial charge in [-0.3, -0.25) is 9.59 Å². The van der Waals surface area contributed by atoms with E-state index in [-0.39, 0.29) is 19.0 Å². The molecule has 7 heteroatoms. The van der Waals surface area contributed by atoms with Gasteiger partial charge in [0.15, 0.2) is 0 Å². The van der Waals surface area contributed by atoms with Crippen LogP contribution in [0.5, 0.6) is 5.75 Å². The standard InChI is InChI=1S/C27H27N3O4/c1-19-28-24-16-22(10-13-25(24)30(19)17-21-6-4-3-5-7-21)27(33)29(18-26(31)32)15-14-20-8-11-23(34-2)12-9-20/h3-13,16H,14-15,17-18H2,1-2H3,(H,31,32). The van der Waals surface area contributed by atoms with Gasteiger partial charge < -0.3 is 19.3 Å². The Balaban J connectivity index is 1.55. The third-order valence-corrected chi connectivity index (χ3v) is 5.81. The molecular weight excluding hydrogens is 430 g/mol. The van der Waals surface area contributed by atoms with Gasteiger partial charge in [-0.2, -0.15) is 0 Å². The Morgan fingerprint density at radius 1 is 1.00 bits per heavy atom. The molecule has 3 aromatic carbocycles. The van der Waals surface area contributed by atoms with E-state index in [1.165, 1.54) is 4.90 Å². The van der Waals surface area contributed by atoms with Crippen molar-refractivity contribution in [2.45, 2.75) is 19.9 Å². The van der Waals surface area contributed by atoms with Crippen molar-refractivity contribution in [1.82, 2.24) is 14.5 Å². The highest BCUT2D eigenvalue weighted by molar-refractivity contribution is 5.98. The summed E-state index contributed by atoms with van der Waals surface area (Å²) < 4.78 is 7.28. The topological polar surface area (TPSA) is 84.7 Å². The van der Waals surface area contributed by atoms with Gasteiger partial charge in [0, 0.05) is 18.7 Å². The van der Waals surface area contributed by atoms with Crippen molar-refractivity contribution in [1.29, 1.82) is 0 Å². The number of hydrogen-bond donors (Lipinski definition) is 1. The molecule has 1 N–H and O–H groups in total. The largest absolute Gasteiger partial charge is 0.497 e.